The van der Waals surface area contributed by atoms with E-state index in [1.54, 1.807) is 21.0 Å². The number of methoxy groups -OCH3 is 1. The highest BCUT2D eigenvalue weighted by atomic mass is 16.5. The van der Waals surface area contributed by atoms with Gasteiger partial charge in [-0.1, -0.05) is 12.1 Å². The molecule has 7 heteroatoms. The van der Waals surface area contributed by atoms with Gasteiger partial charge in [-0.15, -0.1) is 0 Å². The van der Waals surface area contributed by atoms with E-state index in [2.05, 4.69) is 15.6 Å². The minimum absolute atomic E-state index is 0.0806. The number of benzene rings is 1. The largest absolute Gasteiger partial charge is 0.497 e. The Hall–Kier alpha value is -2.83. The lowest BCUT2D eigenvalue weighted by molar-refractivity contribution is 0.240. The number of aromatic nitrogens is 2. The van der Waals surface area contributed by atoms with Crippen LogP contribution in [-0.2, 0) is 13.1 Å². The third-order valence-electron chi connectivity index (χ3n) is 3.77. The molecule has 1 aromatic carbocycles. The van der Waals surface area contributed by atoms with Crippen LogP contribution < -0.4 is 20.9 Å². The van der Waals surface area contributed by atoms with Crippen LogP contribution in [0.25, 0.3) is 0 Å². The van der Waals surface area contributed by atoms with Gasteiger partial charge in [0.15, 0.2) is 0 Å². The van der Waals surface area contributed by atoms with E-state index in [1.165, 1.54) is 10.9 Å². The second-order valence-corrected chi connectivity index (χ2v) is 5.41. The Morgan fingerprint density at radius 3 is 2.58 bits per heavy atom. The minimum atomic E-state index is -0.282. The Kier molecular flexibility index (Phi) is 5.95. The molecule has 24 heavy (non-hydrogen) atoms. The maximum Gasteiger partial charge on any atom is 0.315 e. The highest BCUT2D eigenvalue weighted by Crippen LogP contribution is 2.10. The van der Waals surface area contributed by atoms with Crippen molar-refractivity contribution < 1.29 is 9.53 Å². The summed E-state index contributed by atoms with van der Waals surface area (Å²) in [5.74, 6) is 0.774. The molecule has 0 radical (unpaired) electrons. The molecule has 2 amide bonds. The fourth-order valence-corrected chi connectivity index (χ4v) is 2.11. The molecule has 0 aliphatic rings. The third-order valence-corrected chi connectivity index (χ3v) is 3.77. The summed E-state index contributed by atoms with van der Waals surface area (Å²) >= 11 is 0. The van der Waals surface area contributed by atoms with Gasteiger partial charge in [-0.2, -0.15) is 0 Å². The molecule has 0 bridgehead atoms. The van der Waals surface area contributed by atoms with Crippen LogP contribution in [-0.4, -0.2) is 29.2 Å². The van der Waals surface area contributed by atoms with Gasteiger partial charge >= 0.3 is 6.03 Å². The van der Waals surface area contributed by atoms with E-state index < -0.39 is 0 Å². The fourth-order valence-electron chi connectivity index (χ4n) is 2.11. The van der Waals surface area contributed by atoms with Crippen molar-refractivity contribution in [3.63, 3.8) is 0 Å². The van der Waals surface area contributed by atoms with Crippen LogP contribution in [0.15, 0.2) is 35.4 Å². The topological polar surface area (TPSA) is 85.2 Å². The predicted molar refractivity (Wildman–Crippen MR) is 91.2 cm³/mol. The molecule has 128 valence electrons. The monoisotopic (exact) mass is 330 g/mol. The summed E-state index contributed by atoms with van der Waals surface area (Å²) in [6.45, 7) is 4.69. The van der Waals surface area contributed by atoms with E-state index in [1.807, 2.05) is 24.3 Å². The number of rotatable bonds is 6. The number of nitrogens with one attached hydrogen (secondary N) is 2. The summed E-state index contributed by atoms with van der Waals surface area (Å²) < 4.78 is 6.57. The molecule has 2 rings (SSSR count). The highest BCUT2D eigenvalue weighted by Gasteiger charge is 2.05. The van der Waals surface area contributed by atoms with Crippen LogP contribution in [0.5, 0.6) is 5.75 Å². The first-order valence-corrected chi connectivity index (χ1v) is 7.68. The molecular formula is C17H22N4O3. The maximum absolute atomic E-state index is 12.0. The summed E-state index contributed by atoms with van der Waals surface area (Å²) in [7, 11) is 1.61. The molecule has 1 aromatic heterocycles. The summed E-state index contributed by atoms with van der Waals surface area (Å²) in [6.07, 6.45) is 1.50. The number of hydrogen-bond acceptors (Lipinski definition) is 4. The minimum Gasteiger partial charge on any atom is -0.497 e. The van der Waals surface area contributed by atoms with E-state index in [0.29, 0.717) is 25.2 Å². The van der Waals surface area contributed by atoms with E-state index in [4.69, 9.17) is 4.74 Å². The SMILES string of the molecule is COc1ccc(CNC(=O)NCCn2cnc(C)c(C)c2=O)cc1. The average Bonchev–Trinajstić information content (AvgIpc) is 2.60. The van der Waals surface area contributed by atoms with Crippen molar-refractivity contribution in [1.29, 1.82) is 0 Å². The van der Waals surface area contributed by atoms with Crippen LogP contribution in [0.1, 0.15) is 16.8 Å². The molecule has 0 saturated heterocycles. The van der Waals surface area contributed by atoms with Crippen molar-refractivity contribution in [2.45, 2.75) is 26.9 Å². The maximum atomic E-state index is 12.0. The Morgan fingerprint density at radius 1 is 1.21 bits per heavy atom. The Morgan fingerprint density at radius 2 is 1.92 bits per heavy atom. The average molecular weight is 330 g/mol. The van der Waals surface area contributed by atoms with Gasteiger partial charge in [0, 0.05) is 30.9 Å². The molecule has 0 aliphatic heterocycles. The third kappa shape index (κ3) is 4.58. The number of hydrogen-bond donors (Lipinski definition) is 2. The van der Waals surface area contributed by atoms with Crippen molar-refractivity contribution in [2.24, 2.45) is 0 Å². The van der Waals surface area contributed by atoms with Gasteiger partial charge in [0.1, 0.15) is 5.75 Å². The van der Waals surface area contributed by atoms with Gasteiger partial charge in [-0.05, 0) is 31.5 Å². The summed E-state index contributed by atoms with van der Waals surface area (Å²) in [5, 5.41) is 5.49. The number of urea groups is 1. The molecule has 0 saturated carbocycles. The Bertz CT molecular complexity index is 753. The zero-order valence-corrected chi connectivity index (χ0v) is 14.1. The molecule has 0 spiro atoms. The molecular weight excluding hydrogens is 308 g/mol. The van der Waals surface area contributed by atoms with E-state index >= 15 is 0 Å². The van der Waals surface area contributed by atoms with Crippen LogP contribution in [0, 0.1) is 13.8 Å². The summed E-state index contributed by atoms with van der Waals surface area (Å²) in [6, 6.07) is 7.18. The van der Waals surface area contributed by atoms with Gasteiger partial charge in [-0.25, -0.2) is 9.78 Å². The number of ether oxygens (including phenoxy) is 1. The lowest BCUT2D eigenvalue weighted by Crippen LogP contribution is -2.38. The molecule has 0 fully saturated rings. The van der Waals surface area contributed by atoms with Gasteiger partial charge < -0.3 is 15.4 Å². The van der Waals surface area contributed by atoms with Crippen LogP contribution in [0.2, 0.25) is 0 Å². The normalized spacial score (nSPS) is 10.3. The molecule has 2 N–H and O–H groups in total. The molecule has 0 aliphatic carbocycles. The number of amides is 2. The van der Waals surface area contributed by atoms with Crippen LogP contribution in [0.3, 0.4) is 0 Å². The molecule has 0 unspecified atom stereocenters. The quantitative estimate of drug-likeness (QED) is 0.838. The highest BCUT2D eigenvalue weighted by molar-refractivity contribution is 5.73. The molecule has 7 nitrogen and oxygen atoms in total. The lowest BCUT2D eigenvalue weighted by Gasteiger charge is -2.10. The standard InChI is InChI=1S/C17H22N4O3/c1-12-13(2)20-11-21(16(12)22)9-8-18-17(23)19-10-14-4-6-15(24-3)7-5-14/h4-7,11H,8-10H2,1-3H3,(H2,18,19,23). The number of carbonyl (C=O) groups excluding carboxylic acids is 1. The predicted octanol–water partition coefficient (Wildman–Crippen LogP) is 1.37. The van der Waals surface area contributed by atoms with Crippen molar-refractivity contribution in [1.82, 2.24) is 20.2 Å². The van der Waals surface area contributed by atoms with Crippen LogP contribution in [0.4, 0.5) is 4.79 Å². The Balaban J connectivity index is 1.77. The van der Waals surface area contributed by atoms with Crippen molar-refractivity contribution in [2.75, 3.05) is 13.7 Å². The van der Waals surface area contributed by atoms with E-state index in [9.17, 15) is 9.59 Å². The van der Waals surface area contributed by atoms with Gasteiger partial charge in [0.2, 0.25) is 0 Å². The van der Waals surface area contributed by atoms with Gasteiger partial charge in [0.25, 0.3) is 5.56 Å². The van der Waals surface area contributed by atoms with E-state index in [0.717, 1.165) is 17.0 Å². The first kappa shape index (κ1) is 17.5. The smallest absolute Gasteiger partial charge is 0.315 e. The van der Waals surface area contributed by atoms with Crippen LogP contribution >= 0.6 is 0 Å². The van der Waals surface area contributed by atoms with Crippen molar-refractivity contribution in [3.05, 3.63) is 57.8 Å². The van der Waals surface area contributed by atoms with E-state index in [-0.39, 0.29) is 11.6 Å². The first-order chi connectivity index (χ1) is 11.5. The van der Waals surface area contributed by atoms with Crippen molar-refractivity contribution in [3.8, 4) is 5.75 Å². The molecule has 0 atom stereocenters. The zero-order valence-electron chi connectivity index (χ0n) is 14.1. The van der Waals surface area contributed by atoms with Gasteiger partial charge in [0.05, 0.1) is 13.4 Å². The fraction of sp³-hybridized carbons (Fsp3) is 0.353. The summed E-state index contributed by atoms with van der Waals surface area (Å²) in [4.78, 5) is 28.0. The summed E-state index contributed by atoms with van der Waals surface area (Å²) in [5.41, 5.74) is 2.24. The van der Waals surface area contributed by atoms with Crippen molar-refractivity contribution >= 4 is 6.03 Å². The first-order valence-electron chi connectivity index (χ1n) is 7.68. The van der Waals surface area contributed by atoms with Gasteiger partial charge in [-0.3, -0.25) is 9.36 Å². The number of aryl methyl sites for hydroxylation is 1. The second-order valence-electron chi connectivity index (χ2n) is 5.41. The molecule has 1 heterocycles. The molecule has 2 aromatic rings. The number of nitrogens with zero attached hydrogens (tertiary/aromatic N) is 2. The number of carbonyl (C=O) groups is 1. The zero-order chi connectivity index (χ0) is 17.5. The lowest BCUT2D eigenvalue weighted by atomic mass is 10.2. The second kappa shape index (κ2) is 8.14. The Labute approximate surface area is 140 Å².